The van der Waals surface area contributed by atoms with E-state index in [1.807, 2.05) is 0 Å². The molecule has 118 valence electrons. The van der Waals surface area contributed by atoms with Gasteiger partial charge in [0.1, 0.15) is 5.75 Å². The van der Waals surface area contributed by atoms with Crippen molar-refractivity contribution in [2.45, 2.75) is 18.9 Å². The van der Waals surface area contributed by atoms with Crippen LogP contribution in [-0.2, 0) is 9.53 Å². The fraction of sp³-hybridized carbons (Fsp3) is 0.533. The van der Waals surface area contributed by atoms with Crippen molar-refractivity contribution in [1.82, 2.24) is 5.32 Å². The van der Waals surface area contributed by atoms with Crippen LogP contribution in [0.5, 0.6) is 5.75 Å². The molecule has 1 atom stereocenters. The second-order valence-electron chi connectivity index (χ2n) is 5.12. The average molecular weight is 296 g/mol. The Morgan fingerprint density at radius 1 is 1.38 bits per heavy atom. The van der Waals surface area contributed by atoms with Gasteiger partial charge in [-0.3, -0.25) is 4.79 Å². The van der Waals surface area contributed by atoms with E-state index in [1.54, 1.807) is 45.4 Å². The molecule has 3 N–H and O–H groups in total. The molecule has 0 radical (unpaired) electrons. The predicted octanol–water partition coefficient (Wildman–Crippen LogP) is 1.01. The lowest BCUT2D eigenvalue weighted by atomic mass is 10.0. The molecule has 6 nitrogen and oxygen atoms in total. The Morgan fingerprint density at radius 3 is 2.81 bits per heavy atom. The monoisotopic (exact) mass is 296 g/mol. The zero-order valence-corrected chi connectivity index (χ0v) is 12.8. The summed E-state index contributed by atoms with van der Waals surface area (Å²) >= 11 is 0. The Morgan fingerprint density at radius 2 is 2.14 bits per heavy atom. The molecule has 1 aromatic rings. The van der Waals surface area contributed by atoms with Gasteiger partial charge in [0.25, 0.3) is 0 Å². The molecule has 0 bridgehead atoms. The standard InChI is InChI=1S/C15H24N2O4/c1-15(19,7-8-20-2)11-16-10-14(18)17-12-5-4-6-13(9-12)21-3/h4-6,9,16,19H,7-8,10-11H2,1-3H3,(H,17,18). The number of methoxy groups -OCH3 is 2. The number of hydrogen-bond acceptors (Lipinski definition) is 5. The minimum atomic E-state index is -0.897. The summed E-state index contributed by atoms with van der Waals surface area (Å²) in [6, 6.07) is 7.14. The van der Waals surface area contributed by atoms with Gasteiger partial charge in [0.05, 0.1) is 19.3 Å². The van der Waals surface area contributed by atoms with Gasteiger partial charge in [-0.15, -0.1) is 0 Å². The third-order valence-electron chi connectivity index (χ3n) is 2.99. The smallest absolute Gasteiger partial charge is 0.238 e. The Labute approximate surface area is 125 Å². The van der Waals surface area contributed by atoms with Crippen LogP contribution in [0.3, 0.4) is 0 Å². The van der Waals surface area contributed by atoms with E-state index >= 15 is 0 Å². The largest absolute Gasteiger partial charge is 0.497 e. The van der Waals surface area contributed by atoms with E-state index < -0.39 is 5.60 Å². The van der Waals surface area contributed by atoms with Crippen molar-refractivity contribution in [3.63, 3.8) is 0 Å². The van der Waals surface area contributed by atoms with Crippen molar-refractivity contribution < 1.29 is 19.4 Å². The van der Waals surface area contributed by atoms with Gasteiger partial charge in [-0.25, -0.2) is 0 Å². The number of aliphatic hydroxyl groups is 1. The van der Waals surface area contributed by atoms with Gasteiger partial charge in [0, 0.05) is 38.4 Å². The van der Waals surface area contributed by atoms with Crippen LogP contribution in [0.1, 0.15) is 13.3 Å². The second-order valence-corrected chi connectivity index (χ2v) is 5.12. The number of amides is 1. The maximum absolute atomic E-state index is 11.8. The number of benzene rings is 1. The maximum Gasteiger partial charge on any atom is 0.238 e. The molecule has 1 unspecified atom stereocenters. The average Bonchev–Trinajstić information content (AvgIpc) is 2.45. The van der Waals surface area contributed by atoms with Gasteiger partial charge < -0.3 is 25.2 Å². The molecule has 1 amide bonds. The van der Waals surface area contributed by atoms with Gasteiger partial charge in [0.15, 0.2) is 0 Å². The van der Waals surface area contributed by atoms with Crippen LogP contribution in [0, 0.1) is 0 Å². The fourth-order valence-electron chi connectivity index (χ4n) is 1.76. The molecule has 0 spiro atoms. The van der Waals surface area contributed by atoms with Crippen molar-refractivity contribution in [3.05, 3.63) is 24.3 Å². The van der Waals surface area contributed by atoms with Gasteiger partial charge in [-0.1, -0.05) is 6.07 Å². The van der Waals surface area contributed by atoms with E-state index in [0.717, 1.165) is 0 Å². The highest BCUT2D eigenvalue weighted by Crippen LogP contribution is 2.16. The van der Waals surface area contributed by atoms with E-state index in [-0.39, 0.29) is 12.5 Å². The first kappa shape index (κ1) is 17.4. The summed E-state index contributed by atoms with van der Waals surface area (Å²) in [4.78, 5) is 11.8. The van der Waals surface area contributed by atoms with Gasteiger partial charge in [-0.2, -0.15) is 0 Å². The molecule has 0 aliphatic carbocycles. The topological polar surface area (TPSA) is 79.8 Å². The van der Waals surface area contributed by atoms with Crippen LogP contribution in [0.15, 0.2) is 24.3 Å². The Hall–Kier alpha value is -1.63. The van der Waals surface area contributed by atoms with E-state index in [4.69, 9.17) is 9.47 Å². The Balaban J connectivity index is 2.33. The van der Waals surface area contributed by atoms with Crippen LogP contribution >= 0.6 is 0 Å². The highest BCUT2D eigenvalue weighted by atomic mass is 16.5. The number of nitrogens with one attached hydrogen (secondary N) is 2. The summed E-state index contributed by atoms with van der Waals surface area (Å²) in [5.41, 5.74) is -0.223. The molecule has 6 heteroatoms. The van der Waals surface area contributed by atoms with Crippen LogP contribution in [0.25, 0.3) is 0 Å². The molecule has 0 fully saturated rings. The van der Waals surface area contributed by atoms with E-state index in [1.165, 1.54) is 0 Å². The number of carbonyl (C=O) groups excluding carboxylic acids is 1. The fourth-order valence-corrected chi connectivity index (χ4v) is 1.76. The lowest BCUT2D eigenvalue weighted by Crippen LogP contribution is -2.41. The summed E-state index contributed by atoms with van der Waals surface area (Å²) in [7, 11) is 3.16. The highest BCUT2D eigenvalue weighted by molar-refractivity contribution is 5.92. The molecule has 21 heavy (non-hydrogen) atoms. The van der Waals surface area contributed by atoms with Crippen LogP contribution in [-0.4, -0.2) is 50.5 Å². The van der Waals surface area contributed by atoms with Crippen molar-refractivity contribution >= 4 is 11.6 Å². The van der Waals surface area contributed by atoms with Crippen molar-refractivity contribution in [2.24, 2.45) is 0 Å². The number of hydrogen-bond donors (Lipinski definition) is 3. The summed E-state index contributed by atoms with van der Waals surface area (Å²) in [6.07, 6.45) is 0.508. The van der Waals surface area contributed by atoms with Crippen LogP contribution in [0.2, 0.25) is 0 Å². The molecular weight excluding hydrogens is 272 g/mol. The molecule has 0 aliphatic rings. The first-order chi connectivity index (χ1) is 9.96. The van der Waals surface area contributed by atoms with Crippen molar-refractivity contribution in [3.8, 4) is 5.75 Å². The molecule has 0 aromatic heterocycles. The third-order valence-corrected chi connectivity index (χ3v) is 2.99. The van der Waals surface area contributed by atoms with E-state index in [2.05, 4.69) is 10.6 Å². The van der Waals surface area contributed by atoms with Crippen molar-refractivity contribution in [2.75, 3.05) is 39.2 Å². The zero-order chi connectivity index (χ0) is 15.7. The van der Waals surface area contributed by atoms with Crippen LogP contribution < -0.4 is 15.4 Å². The van der Waals surface area contributed by atoms with Crippen LogP contribution in [0.4, 0.5) is 5.69 Å². The zero-order valence-electron chi connectivity index (χ0n) is 12.8. The molecule has 0 heterocycles. The van der Waals surface area contributed by atoms with Gasteiger partial charge in [-0.05, 0) is 19.1 Å². The molecule has 0 saturated carbocycles. The molecule has 0 aliphatic heterocycles. The predicted molar refractivity (Wildman–Crippen MR) is 81.6 cm³/mol. The number of rotatable bonds is 9. The normalized spacial score (nSPS) is 13.5. The maximum atomic E-state index is 11.8. The summed E-state index contributed by atoms with van der Waals surface area (Å²) in [5, 5.41) is 15.7. The Bertz CT molecular complexity index is 449. The summed E-state index contributed by atoms with van der Waals surface area (Å²) < 4.78 is 10.0. The first-order valence-electron chi connectivity index (χ1n) is 6.83. The highest BCUT2D eigenvalue weighted by Gasteiger charge is 2.19. The second kappa shape index (κ2) is 8.61. The lowest BCUT2D eigenvalue weighted by molar-refractivity contribution is -0.115. The van der Waals surface area contributed by atoms with Crippen molar-refractivity contribution in [1.29, 1.82) is 0 Å². The minimum absolute atomic E-state index is 0.125. The van der Waals surface area contributed by atoms with Gasteiger partial charge in [0.2, 0.25) is 5.91 Å². The first-order valence-corrected chi connectivity index (χ1v) is 6.83. The van der Waals surface area contributed by atoms with E-state index in [0.29, 0.717) is 31.0 Å². The Kier molecular flexibility index (Phi) is 7.14. The molecule has 0 saturated heterocycles. The molecule has 1 rings (SSSR count). The third kappa shape index (κ3) is 7.08. The minimum Gasteiger partial charge on any atom is -0.497 e. The summed E-state index contributed by atoms with van der Waals surface area (Å²) in [6.45, 7) is 2.63. The lowest BCUT2D eigenvalue weighted by Gasteiger charge is -2.23. The summed E-state index contributed by atoms with van der Waals surface area (Å²) in [5.74, 6) is 0.508. The number of anilines is 1. The van der Waals surface area contributed by atoms with E-state index in [9.17, 15) is 9.90 Å². The molecular formula is C15H24N2O4. The molecule has 1 aromatic carbocycles. The number of carbonyl (C=O) groups is 1. The SMILES string of the molecule is COCCC(C)(O)CNCC(=O)Nc1cccc(OC)c1. The van der Waals surface area contributed by atoms with Gasteiger partial charge >= 0.3 is 0 Å². The number of ether oxygens (including phenoxy) is 2. The quantitative estimate of drug-likeness (QED) is 0.634.